The molecule has 3 heterocycles. The lowest BCUT2D eigenvalue weighted by atomic mass is 10.0. The number of nitrogens with one attached hydrogen (secondary N) is 2. The summed E-state index contributed by atoms with van der Waals surface area (Å²) in [5, 5.41) is 18.0. The maximum absolute atomic E-state index is 4.49. The fraction of sp³-hybridized carbons (Fsp3) is 0.409. The Morgan fingerprint density at radius 1 is 0.867 bits per heavy atom. The summed E-state index contributed by atoms with van der Waals surface area (Å²) in [6.45, 7) is 0. The number of hydrogen-bond donors (Lipinski definition) is 2. The van der Waals surface area contributed by atoms with E-state index < -0.39 is 0 Å². The van der Waals surface area contributed by atoms with E-state index in [0.717, 1.165) is 32.6 Å². The first-order chi connectivity index (χ1) is 14.9. The molecule has 30 heavy (non-hydrogen) atoms. The van der Waals surface area contributed by atoms with Gasteiger partial charge < -0.3 is 5.32 Å². The van der Waals surface area contributed by atoms with Gasteiger partial charge in [-0.3, -0.25) is 5.10 Å². The highest BCUT2D eigenvalue weighted by Gasteiger charge is 2.14. The Balaban J connectivity index is 0.000000230. The third-order valence-corrected chi connectivity index (χ3v) is 6.21. The molecule has 1 aliphatic carbocycles. The standard InChI is InChI=1S/C14H11N7S.C8H16/c1-15-14-16-6-11(20-21-14)10-3-2-9(8-4-18-19-5-8)12-13(10)22-7-17-12;1-2-4-6-8-7-5-3-1/h2-7H,1H3,(H,18,19)(H,15,16,21);1-8H2. The average molecular weight is 422 g/mol. The van der Waals surface area contributed by atoms with E-state index in [0.29, 0.717) is 5.95 Å². The van der Waals surface area contributed by atoms with Gasteiger partial charge in [0, 0.05) is 29.9 Å². The van der Waals surface area contributed by atoms with Crippen molar-refractivity contribution in [3.8, 4) is 22.4 Å². The van der Waals surface area contributed by atoms with Crippen LogP contribution in [-0.2, 0) is 0 Å². The molecule has 0 aliphatic heterocycles. The summed E-state index contributed by atoms with van der Waals surface area (Å²) >= 11 is 1.58. The van der Waals surface area contributed by atoms with Crippen LogP contribution in [-0.4, -0.2) is 37.4 Å². The number of thiazole rings is 1. The van der Waals surface area contributed by atoms with Crippen LogP contribution in [0.1, 0.15) is 51.4 Å². The molecule has 0 spiro atoms. The molecule has 0 unspecified atom stereocenters. The Labute approximate surface area is 180 Å². The molecule has 7 nitrogen and oxygen atoms in total. The number of benzene rings is 1. The van der Waals surface area contributed by atoms with Gasteiger partial charge >= 0.3 is 0 Å². The van der Waals surface area contributed by atoms with Crippen LogP contribution >= 0.6 is 11.3 Å². The van der Waals surface area contributed by atoms with E-state index in [-0.39, 0.29) is 0 Å². The van der Waals surface area contributed by atoms with Gasteiger partial charge in [-0.25, -0.2) is 9.97 Å². The number of rotatable bonds is 3. The maximum Gasteiger partial charge on any atom is 0.242 e. The van der Waals surface area contributed by atoms with Crippen LogP contribution in [0, 0.1) is 0 Å². The van der Waals surface area contributed by atoms with Crippen molar-refractivity contribution in [1.82, 2.24) is 30.4 Å². The highest BCUT2D eigenvalue weighted by molar-refractivity contribution is 7.17. The molecule has 1 aromatic carbocycles. The topological polar surface area (TPSA) is 92.3 Å². The van der Waals surface area contributed by atoms with Gasteiger partial charge in [-0.1, -0.05) is 63.5 Å². The third-order valence-electron chi connectivity index (χ3n) is 5.35. The van der Waals surface area contributed by atoms with E-state index in [1.807, 2.05) is 23.8 Å². The Bertz CT molecular complexity index is 1020. The molecule has 1 fully saturated rings. The second-order valence-corrected chi connectivity index (χ2v) is 8.28. The van der Waals surface area contributed by atoms with Crippen LogP contribution in [0.2, 0.25) is 0 Å². The van der Waals surface area contributed by atoms with Crippen LogP contribution in [0.3, 0.4) is 0 Å². The lowest BCUT2D eigenvalue weighted by molar-refractivity contribution is 0.504. The minimum Gasteiger partial charge on any atom is -0.356 e. The molecule has 2 N–H and O–H groups in total. The monoisotopic (exact) mass is 421 g/mol. The van der Waals surface area contributed by atoms with E-state index in [4.69, 9.17) is 0 Å². The molecule has 0 amide bonds. The molecular formula is C22H27N7S. The molecule has 0 saturated heterocycles. The summed E-state index contributed by atoms with van der Waals surface area (Å²) in [4.78, 5) is 8.71. The Kier molecular flexibility index (Phi) is 6.97. The van der Waals surface area contributed by atoms with Crippen molar-refractivity contribution in [3.05, 3.63) is 36.2 Å². The fourth-order valence-electron chi connectivity index (χ4n) is 3.71. The Hall–Kier alpha value is -2.87. The molecule has 0 atom stereocenters. The number of fused-ring (bicyclic) bond motifs is 1. The summed E-state index contributed by atoms with van der Waals surface area (Å²) in [7, 11) is 1.76. The summed E-state index contributed by atoms with van der Waals surface area (Å²) in [6.07, 6.45) is 17.4. The van der Waals surface area contributed by atoms with Gasteiger partial charge in [0.25, 0.3) is 0 Å². The van der Waals surface area contributed by atoms with Crippen molar-refractivity contribution in [2.24, 2.45) is 0 Å². The van der Waals surface area contributed by atoms with E-state index in [1.54, 1.807) is 30.8 Å². The molecule has 4 aromatic rings. The van der Waals surface area contributed by atoms with Crippen molar-refractivity contribution in [2.45, 2.75) is 51.4 Å². The first kappa shape index (κ1) is 20.4. The number of hydrogen-bond acceptors (Lipinski definition) is 7. The number of aromatic nitrogens is 6. The average Bonchev–Trinajstić information content (AvgIpc) is 3.46. The van der Waals surface area contributed by atoms with Crippen molar-refractivity contribution < 1.29 is 0 Å². The second-order valence-electron chi connectivity index (χ2n) is 7.42. The van der Waals surface area contributed by atoms with Crippen molar-refractivity contribution in [1.29, 1.82) is 0 Å². The van der Waals surface area contributed by atoms with Crippen LogP contribution < -0.4 is 5.32 Å². The second kappa shape index (κ2) is 10.2. The zero-order valence-electron chi connectivity index (χ0n) is 17.3. The quantitative estimate of drug-likeness (QED) is 0.441. The molecular weight excluding hydrogens is 394 g/mol. The van der Waals surface area contributed by atoms with Gasteiger partial charge in [-0.05, 0) is 0 Å². The van der Waals surface area contributed by atoms with Crippen LogP contribution in [0.4, 0.5) is 5.95 Å². The lowest BCUT2D eigenvalue weighted by Crippen LogP contribution is -1.99. The minimum atomic E-state index is 0.499. The first-order valence-corrected chi connectivity index (χ1v) is 11.5. The highest BCUT2D eigenvalue weighted by atomic mass is 32.1. The number of nitrogens with zero attached hydrogens (tertiary/aromatic N) is 5. The van der Waals surface area contributed by atoms with Gasteiger partial charge in [0.15, 0.2) is 0 Å². The number of H-pyrrole nitrogens is 1. The van der Waals surface area contributed by atoms with Gasteiger partial charge in [0.05, 0.1) is 28.1 Å². The SMILES string of the molecule is C1CCCCCCC1.CNc1ncc(-c2ccc(-c3cn[nH]c3)c3ncsc23)nn1. The third kappa shape index (κ3) is 4.81. The zero-order valence-corrected chi connectivity index (χ0v) is 18.1. The predicted octanol–water partition coefficient (Wildman–Crippen LogP) is 5.70. The van der Waals surface area contributed by atoms with Gasteiger partial charge in [-0.15, -0.1) is 21.5 Å². The van der Waals surface area contributed by atoms with Crippen molar-refractivity contribution in [2.75, 3.05) is 12.4 Å². The largest absolute Gasteiger partial charge is 0.356 e. The fourth-order valence-corrected chi connectivity index (χ4v) is 4.55. The molecule has 0 radical (unpaired) electrons. The Morgan fingerprint density at radius 2 is 1.57 bits per heavy atom. The zero-order chi connectivity index (χ0) is 20.6. The summed E-state index contributed by atoms with van der Waals surface area (Å²) in [6, 6.07) is 4.05. The molecule has 8 heteroatoms. The Morgan fingerprint density at radius 3 is 2.13 bits per heavy atom. The van der Waals surface area contributed by atoms with Crippen molar-refractivity contribution >= 4 is 27.5 Å². The summed E-state index contributed by atoms with van der Waals surface area (Å²) in [5.41, 5.74) is 6.53. The summed E-state index contributed by atoms with van der Waals surface area (Å²) in [5.74, 6) is 0.499. The van der Waals surface area contributed by atoms with Crippen LogP contribution in [0.25, 0.3) is 32.6 Å². The van der Waals surface area contributed by atoms with Crippen molar-refractivity contribution in [3.63, 3.8) is 0 Å². The molecule has 5 rings (SSSR count). The van der Waals surface area contributed by atoms with E-state index in [1.165, 1.54) is 51.4 Å². The first-order valence-electron chi connectivity index (χ1n) is 10.6. The van der Waals surface area contributed by atoms with Gasteiger partial charge in [0.2, 0.25) is 5.95 Å². The number of anilines is 1. The van der Waals surface area contributed by atoms with Gasteiger partial charge in [0.1, 0.15) is 5.69 Å². The van der Waals surface area contributed by atoms with E-state index >= 15 is 0 Å². The van der Waals surface area contributed by atoms with Gasteiger partial charge in [-0.2, -0.15) is 5.10 Å². The van der Waals surface area contributed by atoms with Crippen LogP contribution in [0.5, 0.6) is 0 Å². The molecule has 156 valence electrons. The van der Waals surface area contributed by atoms with E-state index in [9.17, 15) is 0 Å². The predicted molar refractivity (Wildman–Crippen MR) is 123 cm³/mol. The lowest BCUT2D eigenvalue weighted by Gasteiger charge is -2.05. The minimum absolute atomic E-state index is 0.499. The summed E-state index contributed by atoms with van der Waals surface area (Å²) < 4.78 is 1.06. The van der Waals surface area contributed by atoms with Crippen LogP contribution in [0.15, 0.2) is 36.2 Å². The van der Waals surface area contributed by atoms with E-state index in [2.05, 4.69) is 35.7 Å². The maximum atomic E-state index is 4.49. The number of aromatic amines is 1. The molecule has 1 aliphatic rings. The molecule has 3 aromatic heterocycles. The molecule has 0 bridgehead atoms. The normalized spacial score (nSPS) is 14.4. The molecule has 1 saturated carbocycles. The highest BCUT2D eigenvalue weighted by Crippen LogP contribution is 2.36. The smallest absolute Gasteiger partial charge is 0.242 e.